The van der Waals surface area contributed by atoms with Gasteiger partial charge in [0.05, 0.1) is 0 Å². The molecule has 0 amide bonds. The number of halogens is 1. The summed E-state index contributed by atoms with van der Waals surface area (Å²) in [5, 5.41) is 3.49. The van der Waals surface area contributed by atoms with Gasteiger partial charge in [0.1, 0.15) is 5.82 Å². The summed E-state index contributed by atoms with van der Waals surface area (Å²) in [5.74, 6) is -0.197. The Morgan fingerprint density at radius 3 is 2.34 bits per heavy atom. The summed E-state index contributed by atoms with van der Waals surface area (Å²) >= 11 is 0. The van der Waals surface area contributed by atoms with Crippen molar-refractivity contribution < 1.29 is 4.39 Å². The summed E-state index contributed by atoms with van der Waals surface area (Å²) in [4.78, 5) is 0. The molecule has 0 spiro atoms. The van der Waals surface area contributed by atoms with Crippen molar-refractivity contribution in [3.8, 4) is 11.1 Å². The van der Waals surface area contributed by atoms with E-state index in [0.29, 0.717) is 0 Å². The van der Waals surface area contributed by atoms with Gasteiger partial charge in [-0.3, -0.25) is 0 Å². The van der Waals surface area contributed by atoms with Crippen LogP contribution >= 0.6 is 0 Å². The monoisotopic (exact) mass is 417 g/mol. The first-order valence-electron chi connectivity index (χ1n) is 11.3. The molecule has 2 heteroatoms. The van der Waals surface area contributed by atoms with Gasteiger partial charge < -0.3 is 5.32 Å². The molecule has 1 N–H and O–H groups in total. The van der Waals surface area contributed by atoms with Crippen LogP contribution in [0, 0.1) is 5.82 Å². The maximum Gasteiger partial charge on any atom is 0.123 e. The second-order valence-electron chi connectivity index (χ2n) is 8.60. The fraction of sp³-hybridized carbons (Fsp3) is 0.133. The van der Waals surface area contributed by atoms with E-state index in [1.165, 1.54) is 44.5 Å². The van der Waals surface area contributed by atoms with Crippen LogP contribution in [-0.4, -0.2) is 0 Å². The normalized spacial score (nSPS) is 16.5. The smallest absolute Gasteiger partial charge is 0.123 e. The van der Waals surface area contributed by atoms with E-state index in [0.717, 1.165) is 36.9 Å². The van der Waals surface area contributed by atoms with E-state index in [1.807, 2.05) is 30.5 Å². The minimum Gasteiger partial charge on any atom is -0.361 e. The summed E-state index contributed by atoms with van der Waals surface area (Å²) in [6, 6.07) is 20.4. The number of nitrogens with one attached hydrogen (secondary N) is 1. The second-order valence-corrected chi connectivity index (χ2v) is 8.60. The first kappa shape index (κ1) is 19.1. The molecule has 156 valence electrons. The van der Waals surface area contributed by atoms with Crippen LogP contribution in [0.2, 0.25) is 0 Å². The fourth-order valence-electron chi connectivity index (χ4n) is 5.41. The lowest BCUT2D eigenvalue weighted by Gasteiger charge is -2.31. The zero-order valence-electron chi connectivity index (χ0n) is 17.9. The van der Waals surface area contributed by atoms with Gasteiger partial charge in [-0.25, -0.2) is 4.39 Å². The van der Waals surface area contributed by atoms with Crippen molar-refractivity contribution in [2.75, 3.05) is 0 Å². The van der Waals surface area contributed by atoms with Crippen molar-refractivity contribution in [3.05, 3.63) is 130 Å². The Kier molecular flexibility index (Phi) is 4.65. The topological polar surface area (TPSA) is 12.0 Å². The van der Waals surface area contributed by atoms with Gasteiger partial charge in [-0.05, 0) is 94.5 Å². The fourth-order valence-corrected chi connectivity index (χ4v) is 5.41. The van der Waals surface area contributed by atoms with Crippen molar-refractivity contribution in [1.29, 1.82) is 0 Å². The largest absolute Gasteiger partial charge is 0.361 e. The van der Waals surface area contributed by atoms with Crippen LogP contribution in [0.3, 0.4) is 0 Å². The van der Waals surface area contributed by atoms with E-state index in [9.17, 15) is 4.39 Å². The molecule has 0 saturated heterocycles. The van der Waals surface area contributed by atoms with E-state index >= 15 is 0 Å². The third-order valence-corrected chi connectivity index (χ3v) is 6.86. The predicted molar refractivity (Wildman–Crippen MR) is 130 cm³/mol. The zero-order valence-corrected chi connectivity index (χ0v) is 17.9. The van der Waals surface area contributed by atoms with E-state index in [2.05, 4.69) is 53.9 Å². The Morgan fingerprint density at radius 2 is 1.44 bits per heavy atom. The number of hydrogen-bond acceptors (Lipinski definition) is 1. The lowest BCUT2D eigenvalue weighted by atomic mass is 9.74. The van der Waals surface area contributed by atoms with Crippen LogP contribution in [0.25, 0.3) is 22.3 Å². The summed E-state index contributed by atoms with van der Waals surface area (Å²) in [6.07, 6.45) is 14.4. The molecule has 0 saturated carbocycles. The van der Waals surface area contributed by atoms with Crippen molar-refractivity contribution in [2.45, 2.75) is 25.7 Å². The lowest BCUT2D eigenvalue weighted by molar-refractivity contribution is 0.627. The Hall–Kier alpha value is -3.65. The molecule has 3 aromatic carbocycles. The highest BCUT2D eigenvalue weighted by Gasteiger charge is 2.28. The number of allylic oxidation sites excluding steroid dienone is 6. The van der Waals surface area contributed by atoms with E-state index in [1.54, 1.807) is 12.1 Å². The molecule has 32 heavy (non-hydrogen) atoms. The van der Waals surface area contributed by atoms with E-state index in [-0.39, 0.29) is 5.82 Å². The molecule has 0 fully saturated rings. The van der Waals surface area contributed by atoms with Gasteiger partial charge in [-0.1, -0.05) is 60.7 Å². The third kappa shape index (κ3) is 3.15. The van der Waals surface area contributed by atoms with Crippen LogP contribution in [0.15, 0.2) is 96.9 Å². The van der Waals surface area contributed by atoms with Gasteiger partial charge in [-0.15, -0.1) is 0 Å². The Balaban J connectivity index is 1.58. The van der Waals surface area contributed by atoms with Gasteiger partial charge >= 0.3 is 0 Å². The molecule has 0 bridgehead atoms. The lowest BCUT2D eigenvalue weighted by Crippen LogP contribution is -2.16. The van der Waals surface area contributed by atoms with Gasteiger partial charge in [0.2, 0.25) is 0 Å². The minimum atomic E-state index is -0.197. The van der Waals surface area contributed by atoms with E-state index < -0.39 is 0 Å². The Morgan fingerprint density at radius 1 is 0.656 bits per heavy atom. The van der Waals surface area contributed by atoms with Gasteiger partial charge in [0, 0.05) is 17.5 Å². The summed E-state index contributed by atoms with van der Waals surface area (Å²) in [6.45, 7) is 0. The molecule has 3 aliphatic rings. The average Bonchev–Trinajstić information content (AvgIpc) is 3.13. The van der Waals surface area contributed by atoms with E-state index in [4.69, 9.17) is 0 Å². The number of fused-ring (bicyclic) bond motifs is 5. The second kappa shape index (κ2) is 7.80. The summed E-state index contributed by atoms with van der Waals surface area (Å²) < 4.78 is 13.7. The minimum absolute atomic E-state index is 0.197. The number of hydrogen-bond donors (Lipinski definition) is 1. The molecule has 0 radical (unpaired) electrons. The molecular weight excluding hydrogens is 393 g/mol. The molecule has 2 aliphatic carbocycles. The Bertz CT molecular complexity index is 1340. The molecule has 6 rings (SSSR count). The SMILES string of the molecule is Fc1ccc(C2=C(C3=CC=CC=CN3)c3ccc4c(c3CC2)CCc2ccccc2-4)cc1. The maximum atomic E-state index is 13.7. The maximum absolute atomic E-state index is 13.7. The summed E-state index contributed by atoms with van der Waals surface area (Å²) in [5.41, 5.74) is 13.2. The van der Waals surface area contributed by atoms with Crippen molar-refractivity contribution in [1.82, 2.24) is 5.32 Å². The molecule has 3 aromatic rings. The van der Waals surface area contributed by atoms with Crippen LogP contribution in [0.4, 0.5) is 4.39 Å². The standard InChI is InChI=1S/C30H24FN/c31-22-12-9-21(10-13-22)24-15-16-27-26-14-11-20-6-3-4-7-23(20)25(26)17-18-28(27)30(24)29-8-2-1-5-19-32-29/h1-10,12-13,17-19,32H,11,14-16H2. The number of aryl methyl sites for hydroxylation is 1. The molecule has 1 aliphatic heterocycles. The molecule has 0 unspecified atom stereocenters. The zero-order chi connectivity index (χ0) is 21.5. The van der Waals surface area contributed by atoms with Crippen LogP contribution < -0.4 is 5.32 Å². The van der Waals surface area contributed by atoms with Crippen molar-refractivity contribution in [2.24, 2.45) is 0 Å². The third-order valence-electron chi connectivity index (χ3n) is 6.86. The molecular formula is C30H24FN. The van der Waals surface area contributed by atoms with Crippen LogP contribution in [-0.2, 0) is 19.3 Å². The highest BCUT2D eigenvalue weighted by Crippen LogP contribution is 2.45. The first-order valence-corrected chi connectivity index (χ1v) is 11.3. The molecule has 0 atom stereocenters. The quantitative estimate of drug-likeness (QED) is 0.473. The first-order chi connectivity index (χ1) is 15.8. The average molecular weight is 418 g/mol. The Labute approximate surface area is 188 Å². The van der Waals surface area contributed by atoms with Crippen molar-refractivity contribution >= 4 is 11.1 Å². The van der Waals surface area contributed by atoms with Gasteiger partial charge in [0.15, 0.2) is 0 Å². The van der Waals surface area contributed by atoms with Crippen LogP contribution in [0.5, 0.6) is 0 Å². The van der Waals surface area contributed by atoms with Gasteiger partial charge in [-0.2, -0.15) is 0 Å². The van der Waals surface area contributed by atoms with Gasteiger partial charge in [0.25, 0.3) is 0 Å². The van der Waals surface area contributed by atoms with Crippen molar-refractivity contribution in [3.63, 3.8) is 0 Å². The highest BCUT2D eigenvalue weighted by molar-refractivity contribution is 6.01. The number of benzene rings is 3. The van der Waals surface area contributed by atoms with Crippen LogP contribution in [0.1, 0.15) is 34.2 Å². The molecule has 1 heterocycles. The number of rotatable bonds is 2. The predicted octanol–water partition coefficient (Wildman–Crippen LogP) is 7.01. The molecule has 0 aromatic heterocycles. The highest BCUT2D eigenvalue weighted by atomic mass is 19.1. The molecule has 1 nitrogen and oxygen atoms in total. The summed E-state index contributed by atoms with van der Waals surface area (Å²) in [7, 11) is 0.